The Labute approximate surface area is 241 Å². The van der Waals surface area contributed by atoms with Gasteiger partial charge in [0.05, 0.1) is 35.0 Å². The van der Waals surface area contributed by atoms with Crippen LogP contribution in [-0.2, 0) is 25.5 Å². The van der Waals surface area contributed by atoms with Gasteiger partial charge in [0.2, 0.25) is 17.7 Å². The van der Waals surface area contributed by atoms with Crippen molar-refractivity contribution in [3.05, 3.63) is 28.8 Å². The van der Waals surface area contributed by atoms with Gasteiger partial charge in [0.1, 0.15) is 6.04 Å². The van der Waals surface area contributed by atoms with Crippen molar-refractivity contribution < 1.29 is 19.1 Å². The van der Waals surface area contributed by atoms with E-state index in [0.717, 1.165) is 54.0 Å². The quantitative estimate of drug-likeness (QED) is 0.360. The molecule has 2 heterocycles. The van der Waals surface area contributed by atoms with E-state index in [-0.39, 0.29) is 23.8 Å². The van der Waals surface area contributed by atoms with Gasteiger partial charge in [0.25, 0.3) is 0 Å². The van der Waals surface area contributed by atoms with Gasteiger partial charge in [-0.1, -0.05) is 46.1 Å². The second-order valence-corrected chi connectivity index (χ2v) is 12.5. The smallest absolute Gasteiger partial charge is 0.243 e. The lowest BCUT2D eigenvalue weighted by Gasteiger charge is -2.33. The molecule has 0 bridgehead atoms. The molecule has 3 N–H and O–H groups in total. The van der Waals surface area contributed by atoms with E-state index in [4.69, 9.17) is 9.72 Å². The summed E-state index contributed by atoms with van der Waals surface area (Å²) in [5.74, 6) is 0.283. The van der Waals surface area contributed by atoms with Crippen molar-refractivity contribution in [1.82, 2.24) is 25.8 Å². The lowest BCUT2D eigenvalue weighted by Crippen LogP contribution is -2.55. The minimum atomic E-state index is -0.729. The summed E-state index contributed by atoms with van der Waals surface area (Å²) in [7, 11) is 0. The number of benzene rings is 1. The number of carbonyl (C=O) groups is 3. The molecule has 1 saturated heterocycles. The van der Waals surface area contributed by atoms with Gasteiger partial charge in [0.15, 0.2) is 0 Å². The van der Waals surface area contributed by atoms with E-state index in [0.29, 0.717) is 51.0 Å². The number of ether oxygens (including phenoxy) is 1. The number of hydrogen-bond acceptors (Lipinski definition) is 7. The number of thiazole rings is 1. The number of nitrogens with one attached hydrogen (secondary N) is 3. The van der Waals surface area contributed by atoms with Gasteiger partial charge in [-0.05, 0) is 42.4 Å². The maximum Gasteiger partial charge on any atom is 0.243 e. The summed E-state index contributed by atoms with van der Waals surface area (Å²) in [6.07, 6.45) is 6.11. The highest BCUT2D eigenvalue weighted by Crippen LogP contribution is 2.28. The molecule has 2 aromatic rings. The van der Waals surface area contributed by atoms with E-state index < -0.39 is 6.04 Å². The van der Waals surface area contributed by atoms with Crippen LogP contribution < -0.4 is 16.0 Å². The van der Waals surface area contributed by atoms with Crippen LogP contribution in [0.2, 0.25) is 0 Å². The normalized spacial score (nSPS) is 18.4. The highest BCUT2D eigenvalue weighted by Gasteiger charge is 2.30. The number of hydrogen-bond donors (Lipinski definition) is 3. The van der Waals surface area contributed by atoms with Crippen LogP contribution >= 0.6 is 11.3 Å². The number of carbonyl (C=O) groups excluding carboxylic acids is 3. The van der Waals surface area contributed by atoms with Crippen molar-refractivity contribution >= 4 is 39.3 Å². The fraction of sp³-hybridized carbons (Fsp3) is 0.667. The molecule has 1 saturated carbocycles. The average molecular weight is 572 g/mol. The van der Waals surface area contributed by atoms with Crippen LogP contribution in [0.25, 0.3) is 10.2 Å². The zero-order valence-electron chi connectivity index (χ0n) is 24.2. The third-order valence-corrected chi connectivity index (χ3v) is 9.05. The van der Waals surface area contributed by atoms with Crippen LogP contribution in [0.15, 0.2) is 18.2 Å². The summed E-state index contributed by atoms with van der Waals surface area (Å²) in [5.41, 5.74) is 2.16. The van der Waals surface area contributed by atoms with E-state index in [1.807, 2.05) is 6.07 Å². The number of fused-ring (bicyclic) bond motifs is 1. The number of aromatic nitrogens is 1. The summed E-state index contributed by atoms with van der Waals surface area (Å²) >= 11 is 1.57. The second-order valence-electron chi connectivity index (χ2n) is 11.4. The zero-order valence-corrected chi connectivity index (χ0v) is 25.0. The first-order chi connectivity index (χ1) is 19.3. The lowest BCUT2D eigenvalue weighted by molar-refractivity contribution is -0.129. The van der Waals surface area contributed by atoms with Crippen molar-refractivity contribution in [2.24, 2.45) is 5.92 Å². The molecule has 220 valence electrons. The summed E-state index contributed by atoms with van der Waals surface area (Å²) in [4.78, 5) is 45.7. The van der Waals surface area contributed by atoms with Crippen molar-refractivity contribution in [3.8, 4) is 0 Å². The van der Waals surface area contributed by atoms with Crippen molar-refractivity contribution in [3.63, 3.8) is 0 Å². The number of nitrogens with zero attached hydrogens (tertiary/aromatic N) is 2. The van der Waals surface area contributed by atoms with Gasteiger partial charge in [-0.15, -0.1) is 11.3 Å². The molecule has 1 aromatic heterocycles. The van der Waals surface area contributed by atoms with Gasteiger partial charge in [-0.2, -0.15) is 0 Å². The van der Waals surface area contributed by atoms with Gasteiger partial charge in [0, 0.05) is 38.5 Å². The van der Waals surface area contributed by atoms with Crippen molar-refractivity contribution in [2.45, 2.75) is 83.7 Å². The Hall–Kier alpha value is -2.56. The molecule has 3 amide bonds. The van der Waals surface area contributed by atoms with Crippen LogP contribution in [0.5, 0.6) is 0 Å². The molecule has 9 nitrogen and oxygen atoms in total. The minimum absolute atomic E-state index is 0.0389. The van der Waals surface area contributed by atoms with Gasteiger partial charge in [-0.25, -0.2) is 4.98 Å². The first kappa shape index (κ1) is 30.4. The highest BCUT2D eigenvalue weighted by atomic mass is 32.1. The molecule has 40 heavy (non-hydrogen) atoms. The van der Waals surface area contributed by atoms with Crippen LogP contribution in [0, 0.1) is 5.92 Å². The summed E-state index contributed by atoms with van der Waals surface area (Å²) in [6, 6.07) is 5.38. The Morgan fingerprint density at radius 2 is 1.82 bits per heavy atom. The Bertz CT molecular complexity index is 1140. The predicted octanol–water partition coefficient (Wildman–Crippen LogP) is 3.37. The molecular formula is C30H45N5O4S. The van der Waals surface area contributed by atoms with E-state index in [1.165, 1.54) is 12.0 Å². The van der Waals surface area contributed by atoms with Crippen LogP contribution in [0.1, 0.15) is 75.8 Å². The zero-order chi connectivity index (χ0) is 28.5. The van der Waals surface area contributed by atoms with E-state index >= 15 is 0 Å². The largest absolute Gasteiger partial charge is 0.379 e. The van der Waals surface area contributed by atoms with E-state index in [1.54, 1.807) is 18.3 Å². The molecule has 4 rings (SSSR count). The van der Waals surface area contributed by atoms with Crippen molar-refractivity contribution in [1.29, 1.82) is 0 Å². The molecule has 2 unspecified atom stereocenters. The number of morpholine rings is 1. The van der Waals surface area contributed by atoms with E-state index in [2.05, 4.69) is 46.8 Å². The molecule has 1 aromatic carbocycles. The third kappa shape index (κ3) is 8.72. The Morgan fingerprint density at radius 3 is 2.52 bits per heavy atom. The highest BCUT2D eigenvalue weighted by molar-refractivity contribution is 7.18. The predicted molar refractivity (Wildman–Crippen MR) is 158 cm³/mol. The minimum Gasteiger partial charge on any atom is -0.379 e. The third-order valence-electron chi connectivity index (χ3n) is 8.01. The molecule has 2 atom stereocenters. The second kappa shape index (κ2) is 14.9. The summed E-state index contributed by atoms with van der Waals surface area (Å²) < 4.78 is 6.47. The fourth-order valence-electron chi connectivity index (χ4n) is 5.51. The number of rotatable bonds is 12. The van der Waals surface area contributed by atoms with Crippen LogP contribution in [-0.4, -0.2) is 79.1 Å². The van der Waals surface area contributed by atoms with Gasteiger partial charge < -0.3 is 20.7 Å². The molecule has 1 aliphatic heterocycles. The number of amides is 3. The Kier molecular flexibility index (Phi) is 11.3. The average Bonchev–Trinajstić information content (AvgIpc) is 3.37. The molecule has 2 aliphatic rings. The summed E-state index contributed by atoms with van der Waals surface area (Å²) in [5, 5.41) is 10.0. The first-order valence-electron chi connectivity index (χ1n) is 14.9. The lowest BCUT2D eigenvalue weighted by atomic mass is 9.83. The maximum atomic E-state index is 13.7. The molecule has 1 aliphatic carbocycles. The summed E-state index contributed by atoms with van der Waals surface area (Å²) in [6.45, 7) is 9.62. The Morgan fingerprint density at radius 1 is 1.07 bits per heavy atom. The topological polar surface area (TPSA) is 113 Å². The maximum absolute atomic E-state index is 13.7. The van der Waals surface area contributed by atoms with Crippen LogP contribution in [0.3, 0.4) is 0 Å². The van der Waals surface area contributed by atoms with Gasteiger partial charge >= 0.3 is 0 Å². The molecular weight excluding hydrogens is 526 g/mol. The SMILES string of the molecule is CCC(=O)NC(Cc1nc2ccc(C(C)C)cc2s1)C(=O)NC(CNC(=O)CN1CCOCC1)C1CCCCC1. The molecule has 0 radical (unpaired) electrons. The van der Waals surface area contributed by atoms with Gasteiger partial charge in [-0.3, -0.25) is 19.3 Å². The van der Waals surface area contributed by atoms with E-state index in [9.17, 15) is 14.4 Å². The standard InChI is InChI=1S/C30H45N5O4S/c1-4-27(36)32-24(17-29-33-23-11-10-22(20(2)3)16-26(23)40-29)30(38)34-25(21-8-6-5-7-9-21)18-31-28(37)19-35-12-14-39-15-13-35/h10-11,16,20-21,24-25H,4-9,12-15,17-19H2,1-3H3,(H,31,37)(H,32,36)(H,34,38). The Balaban J connectivity index is 1.44. The molecule has 10 heteroatoms. The monoisotopic (exact) mass is 571 g/mol. The fourth-order valence-corrected chi connectivity index (χ4v) is 6.57. The first-order valence-corrected chi connectivity index (χ1v) is 15.7. The van der Waals surface area contributed by atoms with Crippen LogP contribution in [0.4, 0.5) is 0 Å². The molecule has 0 spiro atoms. The van der Waals surface area contributed by atoms with Crippen molar-refractivity contribution in [2.75, 3.05) is 39.4 Å². The molecule has 2 fully saturated rings.